The summed E-state index contributed by atoms with van der Waals surface area (Å²) in [4.78, 5) is 12.5. The average Bonchev–Trinajstić information content (AvgIpc) is 3.18. The molecule has 6 heteroatoms. The molecule has 2 aromatic rings. The van der Waals surface area contributed by atoms with Crippen molar-refractivity contribution in [1.82, 2.24) is 14.9 Å². The van der Waals surface area contributed by atoms with E-state index in [9.17, 15) is 0 Å². The summed E-state index contributed by atoms with van der Waals surface area (Å²) in [6.07, 6.45) is 2.69. The van der Waals surface area contributed by atoms with Crippen LogP contribution < -0.4 is 5.32 Å². The van der Waals surface area contributed by atoms with Gasteiger partial charge >= 0.3 is 0 Å². The number of thiophene rings is 1. The lowest BCUT2D eigenvalue weighted by atomic mass is 10.3. The van der Waals surface area contributed by atoms with Crippen LogP contribution in [0, 0.1) is 5.92 Å². The van der Waals surface area contributed by atoms with Crippen LogP contribution in [0.2, 0.25) is 0 Å². The molecule has 1 N–H and O–H groups in total. The Morgan fingerprint density at radius 2 is 2.29 bits per heavy atom. The van der Waals surface area contributed by atoms with E-state index in [0.29, 0.717) is 0 Å². The first-order chi connectivity index (χ1) is 10.3. The summed E-state index contributed by atoms with van der Waals surface area (Å²) >= 11 is 1.66. The Hall–Kier alpha value is -1.24. The summed E-state index contributed by atoms with van der Waals surface area (Å²) in [7, 11) is 3.99. The molecule has 0 unspecified atom stereocenters. The zero-order valence-electron chi connectivity index (χ0n) is 12.6. The molecule has 1 aliphatic rings. The van der Waals surface area contributed by atoms with E-state index in [-0.39, 0.29) is 0 Å². The van der Waals surface area contributed by atoms with E-state index in [0.717, 1.165) is 54.1 Å². The van der Waals surface area contributed by atoms with Crippen LogP contribution in [-0.4, -0.2) is 48.7 Å². The topological polar surface area (TPSA) is 50.3 Å². The smallest absolute Gasteiger partial charge is 0.146 e. The van der Waals surface area contributed by atoms with Gasteiger partial charge in [0.25, 0.3) is 0 Å². The van der Waals surface area contributed by atoms with Crippen molar-refractivity contribution < 1.29 is 4.74 Å². The molecular formula is C15H22N4OS. The van der Waals surface area contributed by atoms with Crippen molar-refractivity contribution in [3.05, 3.63) is 17.3 Å². The van der Waals surface area contributed by atoms with E-state index in [1.165, 1.54) is 12.8 Å². The maximum Gasteiger partial charge on any atom is 0.146 e. The quantitative estimate of drug-likeness (QED) is 0.760. The molecule has 2 aromatic heterocycles. The highest BCUT2D eigenvalue weighted by atomic mass is 32.1. The van der Waals surface area contributed by atoms with Crippen LogP contribution in [0.25, 0.3) is 10.2 Å². The maximum absolute atomic E-state index is 5.68. The van der Waals surface area contributed by atoms with Crippen molar-refractivity contribution in [3.8, 4) is 0 Å². The SMILES string of the molecule is CNc1nc(CN(C)CCOCC2CC2)nc2sccc12. The zero-order chi connectivity index (χ0) is 14.7. The predicted molar refractivity (Wildman–Crippen MR) is 86.8 cm³/mol. The van der Waals surface area contributed by atoms with Crippen LogP contribution >= 0.6 is 11.3 Å². The van der Waals surface area contributed by atoms with E-state index in [1.54, 1.807) is 11.3 Å². The summed E-state index contributed by atoms with van der Waals surface area (Å²) in [6.45, 7) is 3.37. The van der Waals surface area contributed by atoms with Gasteiger partial charge in [0.1, 0.15) is 16.5 Å². The minimum atomic E-state index is 0.745. The van der Waals surface area contributed by atoms with Gasteiger partial charge in [-0.3, -0.25) is 4.90 Å². The molecule has 21 heavy (non-hydrogen) atoms. The van der Waals surface area contributed by atoms with Gasteiger partial charge in [-0.1, -0.05) is 0 Å². The van der Waals surface area contributed by atoms with Crippen LogP contribution in [0.15, 0.2) is 11.4 Å². The van der Waals surface area contributed by atoms with Gasteiger partial charge in [-0.15, -0.1) is 11.3 Å². The van der Waals surface area contributed by atoms with Gasteiger partial charge < -0.3 is 10.1 Å². The monoisotopic (exact) mass is 306 g/mol. The molecule has 114 valence electrons. The fourth-order valence-electron chi connectivity index (χ4n) is 2.24. The minimum absolute atomic E-state index is 0.745. The van der Waals surface area contributed by atoms with Crippen molar-refractivity contribution in [2.75, 3.05) is 39.2 Å². The summed E-state index contributed by atoms with van der Waals surface area (Å²) in [6, 6.07) is 2.06. The Labute approximate surface area is 129 Å². The fourth-order valence-corrected chi connectivity index (χ4v) is 3.02. The van der Waals surface area contributed by atoms with Crippen LogP contribution in [0.4, 0.5) is 5.82 Å². The van der Waals surface area contributed by atoms with Gasteiger partial charge in [0.15, 0.2) is 0 Å². The highest BCUT2D eigenvalue weighted by molar-refractivity contribution is 7.16. The predicted octanol–water partition coefficient (Wildman–Crippen LogP) is 2.59. The van der Waals surface area contributed by atoms with Crippen molar-refractivity contribution in [3.63, 3.8) is 0 Å². The standard InChI is InChI=1S/C15H22N4OS/c1-16-14-12-5-8-21-15(12)18-13(17-14)9-19(2)6-7-20-10-11-3-4-11/h5,8,11H,3-4,6-7,9-10H2,1-2H3,(H,16,17,18). The molecule has 5 nitrogen and oxygen atoms in total. The van der Waals surface area contributed by atoms with Gasteiger partial charge in [-0.05, 0) is 37.3 Å². The number of rotatable bonds is 8. The van der Waals surface area contributed by atoms with Crippen molar-refractivity contribution in [2.24, 2.45) is 5.92 Å². The summed E-state index contributed by atoms with van der Waals surface area (Å²) in [5.74, 6) is 2.60. The summed E-state index contributed by atoms with van der Waals surface area (Å²) in [5.41, 5.74) is 0. The van der Waals surface area contributed by atoms with E-state index in [4.69, 9.17) is 4.74 Å². The van der Waals surface area contributed by atoms with Gasteiger partial charge in [0, 0.05) is 20.2 Å². The number of anilines is 1. The van der Waals surface area contributed by atoms with Crippen LogP contribution in [-0.2, 0) is 11.3 Å². The molecule has 1 saturated carbocycles. The van der Waals surface area contributed by atoms with E-state index >= 15 is 0 Å². The lowest BCUT2D eigenvalue weighted by Crippen LogP contribution is -2.24. The third-order valence-electron chi connectivity index (χ3n) is 3.69. The molecular weight excluding hydrogens is 284 g/mol. The van der Waals surface area contributed by atoms with Gasteiger partial charge in [0.05, 0.1) is 18.5 Å². The second-order valence-electron chi connectivity index (χ2n) is 5.63. The zero-order valence-corrected chi connectivity index (χ0v) is 13.4. The first-order valence-electron chi connectivity index (χ1n) is 7.44. The number of nitrogens with one attached hydrogen (secondary N) is 1. The van der Waals surface area contributed by atoms with Crippen molar-refractivity contribution in [2.45, 2.75) is 19.4 Å². The molecule has 0 saturated heterocycles. The van der Waals surface area contributed by atoms with E-state index < -0.39 is 0 Å². The summed E-state index contributed by atoms with van der Waals surface area (Å²) in [5, 5.41) is 6.31. The number of ether oxygens (including phenoxy) is 1. The lowest BCUT2D eigenvalue weighted by Gasteiger charge is -2.16. The summed E-state index contributed by atoms with van der Waals surface area (Å²) < 4.78 is 5.68. The molecule has 1 fully saturated rings. The molecule has 0 aliphatic heterocycles. The first-order valence-corrected chi connectivity index (χ1v) is 8.32. The van der Waals surface area contributed by atoms with Gasteiger partial charge in [-0.2, -0.15) is 0 Å². The number of aromatic nitrogens is 2. The van der Waals surface area contributed by atoms with Gasteiger partial charge in [0.2, 0.25) is 0 Å². The van der Waals surface area contributed by atoms with E-state index in [1.807, 2.05) is 7.05 Å². The van der Waals surface area contributed by atoms with Crippen molar-refractivity contribution >= 4 is 27.4 Å². The molecule has 0 aromatic carbocycles. The number of fused-ring (bicyclic) bond motifs is 1. The Morgan fingerprint density at radius 3 is 3.05 bits per heavy atom. The number of likely N-dealkylation sites (N-methyl/N-ethyl adjacent to an activating group) is 1. The normalized spacial score (nSPS) is 15.0. The lowest BCUT2D eigenvalue weighted by molar-refractivity contribution is 0.101. The first kappa shape index (κ1) is 14.7. The third kappa shape index (κ3) is 3.90. The van der Waals surface area contributed by atoms with Crippen molar-refractivity contribution in [1.29, 1.82) is 0 Å². The maximum atomic E-state index is 5.68. The largest absolute Gasteiger partial charge is 0.380 e. The molecule has 0 amide bonds. The van der Waals surface area contributed by atoms with Gasteiger partial charge in [-0.25, -0.2) is 9.97 Å². The Bertz CT molecular complexity index is 596. The fraction of sp³-hybridized carbons (Fsp3) is 0.600. The molecule has 0 spiro atoms. The molecule has 2 heterocycles. The highest BCUT2D eigenvalue weighted by Crippen LogP contribution is 2.28. The Balaban J connectivity index is 1.55. The average molecular weight is 306 g/mol. The minimum Gasteiger partial charge on any atom is -0.380 e. The second-order valence-corrected chi connectivity index (χ2v) is 6.53. The molecule has 0 bridgehead atoms. The number of hydrogen-bond donors (Lipinski definition) is 1. The molecule has 0 radical (unpaired) electrons. The third-order valence-corrected chi connectivity index (χ3v) is 4.49. The Kier molecular flexibility index (Phi) is 4.67. The van der Waals surface area contributed by atoms with Crippen LogP contribution in [0.5, 0.6) is 0 Å². The number of nitrogens with zero attached hydrogens (tertiary/aromatic N) is 3. The van der Waals surface area contributed by atoms with E-state index in [2.05, 4.69) is 38.7 Å². The second kappa shape index (κ2) is 6.68. The molecule has 1 aliphatic carbocycles. The molecule has 0 atom stereocenters. The Morgan fingerprint density at radius 1 is 1.43 bits per heavy atom. The highest BCUT2D eigenvalue weighted by Gasteiger charge is 2.21. The van der Waals surface area contributed by atoms with Crippen LogP contribution in [0.1, 0.15) is 18.7 Å². The molecule has 3 rings (SSSR count). The van der Waals surface area contributed by atoms with Crippen LogP contribution in [0.3, 0.4) is 0 Å². The number of hydrogen-bond acceptors (Lipinski definition) is 6.